The fourth-order valence-corrected chi connectivity index (χ4v) is 1.61. The zero-order valence-corrected chi connectivity index (χ0v) is 10.9. The van der Waals surface area contributed by atoms with E-state index < -0.39 is 23.2 Å². The summed E-state index contributed by atoms with van der Waals surface area (Å²) in [5.74, 6) is -0.799. The smallest absolute Gasteiger partial charge is 0.325 e. The summed E-state index contributed by atoms with van der Waals surface area (Å²) in [5, 5.41) is 2.15. The third-order valence-corrected chi connectivity index (χ3v) is 2.78. The summed E-state index contributed by atoms with van der Waals surface area (Å²) in [6.07, 6.45) is -2.64. The Morgan fingerprint density at radius 3 is 2.62 bits per heavy atom. The summed E-state index contributed by atoms with van der Waals surface area (Å²) in [7, 11) is 0. The Hall–Kier alpha value is -2.35. The molecule has 0 bridgehead atoms. The number of hydrogen-bond donors (Lipinski definition) is 2. The predicted octanol–water partition coefficient (Wildman–Crippen LogP) is 2.69. The molecule has 0 aliphatic heterocycles. The van der Waals surface area contributed by atoms with Crippen LogP contribution in [0.1, 0.15) is 16.1 Å². The van der Waals surface area contributed by atoms with E-state index >= 15 is 0 Å². The molecule has 21 heavy (non-hydrogen) atoms. The Kier molecular flexibility index (Phi) is 3.99. The maximum absolute atomic E-state index is 12.6. The van der Waals surface area contributed by atoms with E-state index in [1.165, 1.54) is 0 Å². The summed E-state index contributed by atoms with van der Waals surface area (Å²) < 4.78 is 37.8. The fraction of sp³-hybridized carbons (Fsp3) is 0.0833. The van der Waals surface area contributed by atoms with Crippen LogP contribution in [0.3, 0.4) is 0 Å². The van der Waals surface area contributed by atoms with Crippen molar-refractivity contribution in [1.29, 1.82) is 0 Å². The molecule has 1 amide bonds. The lowest BCUT2D eigenvalue weighted by atomic mass is 10.2. The van der Waals surface area contributed by atoms with Crippen LogP contribution < -0.4 is 10.9 Å². The van der Waals surface area contributed by atoms with E-state index in [4.69, 9.17) is 11.6 Å². The van der Waals surface area contributed by atoms with E-state index in [2.05, 4.69) is 15.3 Å². The normalized spacial score (nSPS) is 11.2. The van der Waals surface area contributed by atoms with Gasteiger partial charge in [-0.1, -0.05) is 11.6 Å². The highest BCUT2D eigenvalue weighted by molar-refractivity contribution is 6.33. The number of rotatable bonds is 2. The molecule has 0 atom stereocenters. The number of aromatic amines is 1. The van der Waals surface area contributed by atoms with E-state index in [0.717, 1.165) is 24.5 Å². The van der Waals surface area contributed by atoms with Crippen LogP contribution in [0, 0.1) is 0 Å². The van der Waals surface area contributed by atoms with Crippen LogP contribution in [-0.4, -0.2) is 15.9 Å². The SMILES string of the molecule is O=C(Nc1cc(C(F)(F)F)ccc1Cl)c1c[nH]c(=O)cn1. The number of H-pyrrole nitrogens is 1. The molecule has 110 valence electrons. The summed E-state index contributed by atoms with van der Waals surface area (Å²) in [5.41, 5.74) is -1.83. The van der Waals surface area contributed by atoms with Crippen LogP contribution in [0.2, 0.25) is 5.02 Å². The van der Waals surface area contributed by atoms with Gasteiger partial charge in [0.05, 0.1) is 22.5 Å². The lowest BCUT2D eigenvalue weighted by molar-refractivity contribution is -0.137. The molecular formula is C12H7ClF3N3O2. The first-order valence-electron chi connectivity index (χ1n) is 5.50. The average Bonchev–Trinajstić information content (AvgIpc) is 2.40. The third kappa shape index (κ3) is 3.60. The zero-order valence-electron chi connectivity index (χ0n) is 10.2. The van der Waals surface area contributed by atoms with Crippen molar-refractivity contribution >= 4 is 23.2 Å². The van der Waals surface area contributed by atoms with Gasteiger partial charge >= 0.3 is 6.18 Å². The minimum absolute atomic E-state index is 0.0548. The van der Waals surface area contributed by atoms with Crippen LogP contribution >= 0.6 is 11.6 Å². The second-order valence-electron chi connectivity index (χ2n) is 3.94. The molecule has 0 unspecified atom stereocenters. The number of halogens is 4. The average molecular weight is 318 g/mol. The monoisotopic (exact) mass is 317 g/mol. The summed E-state index contributed by atoms with van der Waals surface area (Å²) in [6.45, 7) is 0. The highest BCUT2D eigenvalue weighted by Crippen LogP contribution is 2.33. The molecule has 0 saturated heterocycles. The lowest BCUT2D eigenvalue weighted by Gasteiger charge is -2.11. The fourth-order valence-electron chi connectivity index (χ4n) is 1.45. The van der Waals surface area contributed by atoms with Gasteiger partial charge in [0, 0.05) is 6.20 Å². The largest absolute Gasteiger partial charge is 0.416 e. The van der Waals surface area contributed by atoms with Crippen molar-refractivity contribution in [3.8, 4) is 0 Å². The molecule has 0 fully saturated rings. The number of nitrogens with zero attached hydrogens (tertiary/aromatic N) is 1. The third-order valence-electron chi connectivity index (χ3n) is 2.45. The Morgan fingerprint density at radius 1 is 1.33 bits per heavy atom. The minimum Gasteiger partial charge on any atom is -0.325 e. The number of anilines is 1. The van der Waals surface area contributed by atoms with Crippen molar-refractivity contribution in [1.82, 2.24) is 9.97 Å². The Labute approximate surface area is 120 Å². The van der Waals surface area contributed by atoms with Crippen molar-refractivity contribution in [2.45, 2.75) is 6.18 Å². The van der Waals surface area contributed by atoms with Gasteiger partial charge in [0.15, 0.2) is 0 Å². The second-order valence-corrected chi connectivity index (χ2v) is 4.35. The molecule has 9 heteroatoms. The van der Waals surface area contributed by atoms with Crippen molar-refractivity contribution in [2.75, 3.05) is 5.32 Å². The van der Waals surface area contributed by atoms with Gasteiger partial charge < -0.3 is 10.3 Å². The van der Waals surface area contributed by atoms with Gasteiger partial charge in [-0.3, -0.25) is 9.59 Å². The molecule has 5 nitrogen and oxygen atoms in total. The van der Waals surface area contributed by atoms with Crippen LogP contribution in [0.15, 0.2) is 35.4 Å². The summed E-state index contributed by atoms with van der Waals surface area (Å²) >= 11 is 5.74. The highest BCUT2D eigenvalue weighted by atomic mass is 35.5. The molecule has 0 saturated carbocycles. The van der Waals surface area contributed by atoms with Gasteiger partial charge in [0.25, 0.3) is 11.5 Å². The lowest BCUT2D eigenvalue weighted by Crippen LogP contribution is -2.17. The number of nitrogens with one attached hydrogen (secondary N) is 2. The Balaban J connectivity index is 2.28. The summed E-state index contributed by atoms with van der Waals surface area (Å²) in [6, 6.07) is 2.54. The van der Waals surface area contributed by atoms with Crippen molar-refractivity contribution < 1.29 is 18.0 Å². The van der Waals surface area contributed by atoms with Gasteiger partial charge in [-0.05, 0) is 18.2 Å². The number of benzene rings is 1. The maximum Gasteiger partial charge on any atom is 0.416 e. The highest BCUT2D eigenvalue weighted by Gasteiger charge is 2.31. The van der Waals surface area contributed by atoms with E-state index in [-0.39, 0.29) is 16.4 Å². The number of aromatic nitrogens is 2. The first-order valence-corrected chi connectivity index (χ1v) is 5.88. The van der Waals surface area contributed by atoms with Crippen molar-refractivity contribution in [3.05, 3.63) is 57.2 Å². The first-order chi connectivity index (χ1) is 9.77. The Morgan fingerprint density at radius 2 is 2.05 bits per heavy atom. The van der Waals surface area contributed by atoms with Gasteiger partial charge in [-0.15, -0.1) is 0 Å². The van der Waals surface area contributed by atoms with E-state index in [1.54, 1.807) is 0 Å². The molecule has 2 N–H and O–H groups in total. The van der Waals surface area contributed by atoms with Crippen LogP contribution in [0.5, 0.6) is 0 Å². The van der Waals surface area contributed by atoms with Gasteiger partial charge in [0.1, 0.15) is 5.69 Å². The number of hydrogen-bond acceptors (Lipinski definition) is 3. The van der Waals surface area contributed by atoms with Crippen LogP contribution in [0.4, 0.5) is 18.9 Å². The molecule has 1 heterocycles. The van der Waals surface area contributed by atoms with Crippen LogP contribution in [0.25, 0.3) is 0 Å². The Bertz CT molecular complexity index is 723. The molecule has 0 aliphatic rings. The standard InChI is InChI=1S/C12H7ClF3N3O2/c13-7-2-1-6(12(14,15)16)3-8(7)19-11(21)9-4-18-10(20)5-17-9/h1-5H,(H,18,20)(H,19,21). The van der Waals surface area contributed by atoms with Gasteiger partial charge in [-0.25, -0.2) is 4.98 Å². The number of amides is 1. The predicted molar refractivity (Wildman–Crippen MR) is 69.3 cm³/mol. The number of carbonyl (C=O) groups excluding carboxylic acids is 1. The van der Waals surface area contributed by atoms with E-state index in [0.29, 0.717) is 6.07 Å². The molecule has 1 aromatic carbocycles. The minimum atomic E-state index is -4.56. The van der Waals surface area contributed by atoms with Crippen LogP contribution in [-0.2, 0) is 6.18 Å². The van der Waals surface area contributed by atoms with Crippen molar-refractivity contribution in [3.63, 3.8) is 0 Å². The summed E-state index contributed by atoms with van der Waals surface area (Å²) in [4.78, 5) is 28.4. The molecule has 1 aromatic heterocycles. The first kappa shape index (κ1) is 15.0. The second kappa shape index (κ2) is 5.57. The molecule has 0 aliphatic carbocycles. The molecule has 2 rings (SSSR count). The quantitative estimate of drug-likeness (QED) is 0.894. The molecular weight excluding hydrogens is 311 g/mol. The molecule has 2 aromatic rings. The number of alkyl halides is 3. The maximum atomic E-state index is 12.6. The molecule has 0 radical (unpaired) electrons. The van der Waals surface area contributed by atoms with Gasteiger partial charge in [-0.2, -0.15) is 13.2 Å². The molecule has 0 spiro atoms. The topological polar surface area (TPSA) is 74.8 Å². The van der Waals surface area contributed by atoms with E-state index in [9.17, 15) is 22.8 Å². The van der Waals surface area contributed by atoms with Crippen molar-refractivity contribution in [2.24, 2.45) is 0 Å². The number of carbonyl (C=O) groups is 1. The van der Waals surface area contributed by atoms with E-state index in [1.807, 2.05) is 0 Å². The zero-order chi connectivity index (χ0) is 15.6. The van der Waals surface area contributed by atoms with Gasteiger partial charge in [0.2, 0.25) is 0 Å².